The molecule has 0 aliphatic rings. The molecule has 1 unspecified atom stereocenters. The lowest BCUT2D eigenvalue weighted by molar-refractivity contribution is 0.622. The van der Waals surface area contributed by atoms with Crippen molar-refractivity contribution >= 4 is 39.4 Å². The molecule has 0 aliphatic carbocycles. The van der Waals surface area contributed by atoms with E-state index < -0.39 is 11.0 Å². The van der Waals surface area contributed by atoms with E-state index in [0.29, 0.717) is 5.75 Å². The molecule has 0 spiro atoms. The Balaban J connectivity index is 1.81. The van der Waals surface area contributed by atoms with Crippen LogP contribution in [0, 0.1) is 0 Å². The number of nitrogen functional groups attached to an aromatic ring is 1. The van der Waals surface area contributed by atoms with E-state index in [4.69, 9.17) is 5.73 Å². The van der Waals surface area contributed by atoms with Gasteiger partial charge in [0, 0.05) is 21.7 Å². The third kappa shape index (κ3) is 5.83. The number of unbranched alkanes of at least 4 members (excludes halogenated alkanes) is 5. The maximum absolute atomic E-state index is 12.1. The second-order valence-electron chi connectivity index (χ2n) is 5.70. The van der Waals surface area contributed by atoms with Crippen LogP contribution in [0.1, 0.15) is 45.4 Å². The summed E-state index contributed by atoms with van der Waals surface area (Å²) in [4.78, 5) is 1.02. The van der Waals surface area contributed by atoms with Crippen molar-refractivity contribution in [3.05, 3.63) is 36.4 Å². The molecule has 126 valence electrons. The van der Waals surface area contributed by atoms with Crippen molar-refractivity contribution in [1.29, 1.82) is 0 Å². The molecule has 23 heavy (non-hydrogen) atoms. The molecular formula is C18H26N2OS2. The number of hydrogen-bond acceptors (Lipinski definition) is 3. The zero-order valence-electron chi connectivity index (χ0n) is 13.7. The van der Waals surface area contributed by atoms with Crippen LogP contribution in [0.15, 0.2) is 41.3 Å². The maximum Gasteiger partial charge on any atom is 0.102 e. The molecule has 2 aromatic rings. The van der Waals surface area contributed by atoms with Gasteiger partial charge >= 0.3 is 0 Å². The molecular weight excluding hydrogens is 324 g/mol. The number of nitrogens with one attached hydrogen (secondary N) is 1. The molecule has 0 fully saturated rings. The van der Waals surface area contributed by atoms with Gasteiger partial charge in [-0.05, 0) is 35.9 Å². The average Bonchev–Trinajstić information content (AvgIpc) is 2.56. The summed E-state index contributed by atoms with van der Waals surface area (Å²) in [5.74, 6) is 0.708. The SMILES string of the molecule is CCCCCCCCS(=O)NSc1cccc2cccc(N)c12. The van der Waals surface area contributed by atoms with Crippen LogP contribution in [0.25, 0.3) is 10.8 Å². The van der Waals surface area contributed by atoms with Gasteiger partial charge in [-0.15, -0.1) is 0 Å². The highest BCUT2D eigenvalue weighted by molar-refractivity contribution is 8.07. The number of nitrogens with two attached hydrogens (primary N) is 1. The lowest BCUT2D eigenvalue weighted by Gasteiger charge is -2.09. The van der Waals surface area contributed by atoms with Crippen molar-refractivity contribution < 1.29 is 4.21 Å². The van der Waals surface area contributed by atoms with Crippen molar-refractivity contribution in [1.82, 2.24) is 4.13 Å². The molecule has 2 aromatic carbocycles. The fourth-order valence-electron chi connectivity index (χ4n) is 2.57. The molecule has 0 bridgehead atoms. The zero-order chi connectivity index (χ0) is 16.5. The molecule has 0 saturated heterocycles. The van der Waals surface area contributed by atoms with Gasteiger partial charge in [0.1, 0.15) is 11.0 Å². The first-order valence-electron chi connectivity index (χ1n) is 8.30. The van der Waals surface area contributed by atoms with Crippen molar-refractivity contribution in [2.75, 3.05) is 11.5 Å². The average molecular weight is 351 g/mol. The molecule has 3 nitrogen and oxygen atoms in total. The van der Waals surface area contributed by atoms with Gasteiger partial charge in [0.25, 0.3) is 0 Å². The quantitative estimate of drug-likeness (QED) is 0.358. The minimum absolute atomic E-state index is 0.708. The van der Waals surface area contributed by atoms with Crippen molar-refractivity contribution in [3.8, 4) is 0 Å². The Bertz CT molecular complexity index is 641. The Morgan fingerprint density at radius 2 is 1.74 bits per heavy atom. The second kappa shape index (κ2) is 9.96. The summed E-state index contributed by atoms with van der Waals surface area (Å²) >= 11 is 1.41. The van der Waals surface area contributed by atoms with E-state index in [9.17, 15) is 4.21 Å². The van der Waals surface area contributed by atoms with Crippen LogP contribution in [0.4, 0.5) is 5.69 Å². The first-order chi connectivity index (χ1) is 11.2. The Morgan fingerprint density at radius 3 is 2.52 bits per heavy atom. The molecule has 0 heterocycles. The standard InChI is InChI=1S/C18H26N2OS2/c1-2-3-4-5-6-7-14-23(21)20-22-17-13-9-11-15-10-8-12-16(19)18(15)17/h8-13,20H,2-7,14,19H2,1H3. The normalized spacial score (nSPS) is 12.6. The number of benzene rings is 2. The Hall–Kier alpha value is -1.04. The van der Waals surface area contributed by atoms with Crippen LogP contribution in [0.3, 0.4) is 0 Å². The van der Waals surface area contributed by atoms with Crippen LogP contribution in [-0.4, -0.2) is 9.96 Å². The summed E-state index contributed by atoms with van der Waals surface area (Å²) in [7, 11) is -1.01. The minimum atomic E-state index is -1.01. The first-order valence-corrected chi connectivity index (χ1v) is 10.4. The van der Waals surface area contributed by atoms with E-state index in [-0.39, 0.29) is 0 Å². The highest BCUT2D eigenvalue weighted by Crippen LogP contribution is 2.30. The van der Waals surface area contributed by atoms with Crippen molar-refractivity contribution in [3.63, 3.8) is 0 Å². The van der Waals surface area contributed by atoms with Crippen LogP contribution < -0.4 is 9.86 Å². The Morgan fingerprint density at radius 1 is 1.04 bits per heavy atom. The fourth-order valence-corrected chi connectivity index (χ4v) is 4.58. The van der Waals surface area contributed by atoms with E-state index >= 15 is 0 Å². The van der Waals surface area contributed by atoms with E-state index in [1.165, 1.54) is 44.1 Å². The van der Waals surface area contributed by atoms with Gasteiger partial charge < -0.3 is 5.73 Å². The molecule has 0 saturated carbocycles. The molecule has 0 aliphatic heterocycles. The van der Waals surface area contributed by atoms with Gasteiger partial charge in [0.05, 0.1) is 0 Å². The van der Waals surface area contributed by atoms with Gasteiger partial charge in [0.15, 0.2) is 0 Å². The smallest absolute Gasteiger partial charge is 0.102 e. The van der Waals surface area contributed by atoms with Crippen molar-refractivity contribution in [2.24, 2.45) is 0 Å². The van der Waals surface area contributed by atoms with E-state index in [0.717, 1.165) is 27.8 Å². The summed E-state index contributed by atoms with van der Waals surface area (Å²) in [5.41, 5.74) is 6.84. The van der Waals surface area contributed by atoms with Crippen LogP contribution in [0.5, 0.6) is 0 Å². The number of anilines is 1. The highest BCUT2D eigenvalue weighted by atomic mass is 32.2. The Labute approximate surface area is 146 Å². The number of rotatable bonds is 10. The maximum atomic E-state index is 12.1. The third-order valence-corrected chi connectivity index (χ3v) is 6.12. The molecule has 3 N–H and O–H groups in total. The first kappa shape index (κ1) is 18.3. The highest BCUT2D eigenvalue weighted by Gasteiger charge is 2.07. The fraction of sp³-hybridized carbons (Fsp3) is 0.444. The Kier molecular flexibility index (Phi) is 7.92. The molecule has 1 atom stereocenters. The summed E-state index contributed by atoms with van der Waals surface area (Å²) in [5, 5.41) is 2.14. The van der Waals surface area contributed by atoms with E-state index in [1.54, 1.807) is 0 Å². The summed E-state index contributed by atoms with van der Waals surface area (Å²) in [6, 6.07) is 12.0. The minimum Gasteiger partial charge on any atom is -0.398 e. The molecule has 0 radical (unpaired) electrons. The van der Waals surface area contributed by atoms with E-state index in [2.05, 4.69) is 11.1 Å². The van der Waals surface area contributed by atoms with Gasteiger partial charge in [-0.3, -0.25) is 0 Å². The predicted octanol–water partition coefficient (Wildman–Crippen LogP) is 5.04. The van der Waals surface area contributed by atoms with Gasteiger partial charge in [-0.1, -0.05) is 63.3 Å². The molecule has 2 rings (SSSR count). The second-order valence-corrected chi connectivity index (χ2v) is 8.11. The van der Waals surface area contributed by atoms with Gasteiger partial charge in [0.2, 0.25) is 0 Å². The molecule has 0 aromatic heterocycles. The summed E-state index contributed by atoms with van der Waals surface area (Å²) in [6.45, 7) is 2.22. The van der Waals surface area contributed by atoms with E-state index in [1.807, 2.05) is 36.4 Å². The number of hydrogen-bond donors (Lipinski definition) is 2. The van der Waals surface area contributed by atoms with Gasteiger partial charge in [-0.25, -0.2) is 4.21 Å². The number of fused-ring (bicyclic) bond motifs is 1. The monoisotopic (exact) mass is 350 g/mol. The van der Waals surface area contributed by atoms with Crippen molar-refractivity contribution in [2.45, 2.75) is 50.3 Å². The third-order valence-electron chi connectivity index (χ3n) is 3.83. The lowest BCUT2D eigenvalue weighted by Crippen LogP contribution is -2.12. The van der Waals surface area contributed by atoms with Crippen LogP contribution in [0.2, 0.25) is 0 Å². The zero-order valence-corrected chi connectivity index (χ0v) is 15.3. The largest absolute Gasteiger partial charge is 0.398 e. The molecule has 0 amide bonds. The summed E-state index contributed by atoms with van der Waals surface area (Å²) < 4.78 is 15.1. The predicted molar refractivity (Wildman–Crippen MR) is 104 cm³/mol. The molecule has 5 heteroatoms. The van der Waals surface area contributed by atoms with Gasteiger partial charge in [-0.2, -0.15) is 4.13 Å². The topological polar surface area (TPSA) is 55.1 Å². The summed E-state index contributed by atoms with van der Waals surface area (Å²) in [6.07, 6.45) is 7.29. The van der Waals surface area contributed by atoms with Crippen LogP contribution in [-0.2, 0) is 11.0 Å². The lowest BCUT2D eigenvalue weighted by atomic mass is 10.1. The van der Waals surface area contributed by atoms with Crippen LogP contribution >= 0.6 is 11.9 Å².